The summed E-state index contributed by atoms with van der Waals surface area (Å²) in [5.74, 6) is 0.583. The number of nitrogens with one attached hydrogen (secondary N) is 2. The van der Waals surface area contributed by atoms with Gasteiger partial charge in [0.15, 0.2) is 0 Å². The molecule has 3 rings (SSSR count). The molecule has 2 aromatic rings. The predicted octanol–water partition coefficient (Wildman–Crippen LogP) is 4.30. The minimum absolute atomic E-state index is 0.0437. The number of carbonyl (C=O) groups is 1. The van der Waals surface area contributed by atoms with E-state index in [1.807, 2.05) is 0 Å². The molecular formula is C17H16N4O3S. The third-order valence-corrected chi connectivity index (χ3v) is 5.36. The summed E-state index contributed by atoms with van der Waals surface area (Å²) in [7, 11) is 0. The molecule has 25 heavy (non-hydrogen) atoms. The molecule has 0 unspecified atom stereocenters. The molecule has 1 heterocycles. The highest BCUT2D eigenvalue weighted by molar-refractivity contribution is 7.16. The van der Waals surface area contributed by atoms with Crippen LogP contribution in [0.5, 0.6) is 0 Å². The van der Waals surface area contributed by atoms with Gasteiger partial charge in [-0.25, -0.2) is 4.79 Å². The lowest BCUT2D eigenvalue weighted by Crippen LogP contribution is -2.19. The maximum atomic E-state index is 12.2. The fourth-order valence-electron chi connectivity index (χ4n) is 2.89. The third-order valence-electron chi connectivity index (χ3n) is 4.19. The number of nitrogens with zero attached hydrogens (tertiary/aromatic N) is 2. The number of rotatable bonds is 3. The van der Waals surface area contributed by atoms with E-state index in [2.05, 4.69) is 23.6 Å². The Kier molecular flexibility index (Phi) is 4.67. The Morgan fingerprint density at radius 2 is 2.08 bits per heavy atom. The first kappa shape index (κ1) is 16.9. The van der Waals surface area contributed by atoms with Gasteiger partial charge in [0.2, 0.25) is 0 Å². The van der Waals surface area contributed by atoms with Crippen LogP contribution in [-0.4, -0.2) is 11.0 Å². The first-order valence-electron chi connectivity index (χ1n) is 7.85. The number of nitriles is 1. The molecule has 0 saturated carbocycles. The zero-order valence-corrected chi connectivity index (χ0v) is 14.4. The summed E-state index contributed by atoms with van der Waals surface area (Å²) in [6.45, 7) is 2.18. The highest BCUT2D eigenvalue weighted by Gasteiger charge is 2.24. The van der Waals surface area contributed by atoms with Crippen LogP contribution < -0.4 is 10.6 Å². The Bertz CT molecular complexity index is 867. The van der Waals surface area contributed by atoms with Gasteiger partial charge in [-0.15, -0.1) is 11.3 Å². The summed E-state index contributed by atoms with van der Waals surface area (Å²) in [6.07, 6.45) is 2.84. The van der Waals surface area contributed by atoms with Crippen LogP contribution in [0.1, 0.15) is 29.3 Å². The summed E-state index contributed by atoms with van der Waals surface area (Å²) in [5.41, 5.74) is 2.00. The van der Waals surface area contributed by atoms with Crippen molar-refractivity contribution in [1.29, 1.82) is 5.26 Å². The Morgan fingerprint density at radius 1 is 1.36 bits per heavy atom. The quantitative estimate of drug-likeness (QED) is 0.631. The van der Waals surface area contributed by atoms with Crippen molar-refractivity contribution in [2.75, 3.05) is 10.6 Å². The highest BCUT2D eigenvalue weighted by atomic mass is 32.1. The molecule has 1 aliphatic rings. The zero-order valence-electron chi connectivity index (χ0n) is 13.5. The van der Waals surface area contributed by atoms with Crippen molar-refractivity contribution in [2.45, 2.75) is 26.2 Å². The number of nitro benzene ring substituents is 1. The highest BCUT2D eigenvalue weighted by Crippen LogP contribution is 2.39. The summed E-state index contributed by atoms with van der Waals surface area (Å²) < 4.78 is 0. The third kappa shape index (κ3) is 3.61. The first-order valence-corrected chi connectivity index (χ1v) is 8.66. The van der Waals surface area contributed by atoms with E-state index in [4.69, 9.17) is 0 Å². The van der Waals surface area contributed by atoms with Crippen molar-refractivity contribution in [3.63, 3.8) is 0 Å². The molecule has 128 valence electrons. The Balaban J connectivity index is 1.73. The monoisotopic (exact) mass is 356 g/mol. The van der Waals surface area contributed by atoms with Crippen molar-refractivity contribution in [1.82, 2.24) is 0 Å². The van der Waals surface area contributed by atoms with Gasteiger partial charge in [-0.3, -0.25) is 15.4 Å². The number of amides is 2. The lowest BCUT2D eigenvalue weighted by Gasteiger charge is -2.17. The van der Waals surface area contributed by atoms with Gasteiger partial charge in [0.05, 0.1) is 10.5 Å². The van der Waals surface area contributed by atoms with Gasteiger partial charge >= 0.3 is 6.03 Å². The number of non-ortho nitro benzene ring substituents is 1. The second-order valence-corrected chi connectivity index (χ2v) is 7.16. The minimum Gasteiger partial charge on any atom is -0.308 e. The van der Waals surface area contributed by atoms with Gasteiger partial charge in [-0.1, -0.05) is 6.92 Å². The van der Waals surface area contributed by atoms with Gasteiger partial charge in [0.1, 0.15) is 11.1 Å². The van der Waals surface area contributed by atoms with E-state index in [0.29, 0.717) is 22.2 Å². The summed E-state index contributed by atoms with van der Waals surface area (Å²) in [4.78, 5) is 23.5. The normalized spacial score (nSPS) is 15.8. The number of hydrogen-bond acceptors (Lipinski definition) is 5. The second-order valence-electron chi connectivity index (χ2n) is 6.05. The Labute approximate surface area is 148 Å². The smallest absolute Gasteiger partial charge is 0.308 e. The molecule has 7 nitrogen and oxygen atoms in total. The molecule has 2 amide bonds. The van der Waals surface area contributed by atoms with E-state index < -0.39 is 11.0 Å². The maximum Gasteiger partial charge on any atom is 0.324 e. The number of benzene rings is 1. The topological polar surface area (TPSA) is 108 Å². The number of carbonyl (C=O) groups excluding carboxylic acids is 1. The molecule has 0 saturated heterocycles. The average Bonchev–Trinajstić information content (AvgIpc) is 2.90. The fourth-order valence-corrected chi connectivity index (χ4v) is 4.25. The molecule has 8 heteroatoms. The molecule has 0 spiro atoms. The summed E-state index contributed by atoms with van der Waals surface area (Å²) >= 11 is 1.45. The minimum atomic E-state index is -0.500. The van der Waals surface area contributed by atoms with Gasteiger partial charge in [-0.05, 0) is 42.9 Å². The van der Waals surface area contributed by atoms with Crippen molar-refractivity contribution in [3.05, 3.63) is 50.4 Å². The van der Waals surface area contributed by atoms with Crippen molar-refractivity contribution in [3.8, 4) is 6.07 Å². The number of thiophene rings is 1. The van der Waals surface area contributed by atoms with Crippen molar-refractivity contribution < 1.29 is 9.72 Å². The molecule has 1 atom stereocenters. The van der Waals surface area contributed by atoms with Crippen LogP contribution in [0.2, 0.25) is 0 Å². The van der Waals surface area contributed by atoms with Gasteiger partial charge < -0.3 is 5.32 Å². The number of nitro groups is 1. The number of hydrogen-bond donors (Lipinski definition) is 2. The lowest BCUT2D eigenvalue weighted by molar-refractivity contribution is -0.384. The van der Waals surface area contributed by atoms with Crippen LogP contribution in [-0.2, 0) is 12.8 Å². The van der Waals surface area contributed by atoms with Gasteiger partial charge in [-0.2, -0.15) is 5.26 Å². The van der Waals surface area contributed by atoms with Crippen LogP contribution in [0.3, 0.4) is 0 Å². The molecule has 0 aliphatic heterocycles. The molecule has 0 fully saturated rings. The SMILES string of the molecule is C[C@H]1CCc2c(sc(NC(=O)Nc3ccc([N+](=O)[O-])cc3)c2C#N)C1. The van der Waals surface area contributed by atoms with Crippen LogP contribution in [0.25, 0.3) is 0 Å². The number of fused-ring (bicyclic) bond motifs is 1. The molecule has 1 aromatic carbocycles. The standard InChI is InChI=1S/C17H16N4O3S/c1-10-2-7-13-14(9-18)16(25-15(13)8-10)20-17(22)19-11-3-5-12(6-4-11)21(23)24/h3-6,10H,2,7-8H2,1H3,(H2,19,20,22)/t10-/m0/s1. The van der Waals surface area contributed by atoms with Gasteiger partial charge in [0.25, 0.3) is 5.69 Å². The zero-order chi connectivity index (χ0) is 18.0. The molecule has 2 N–H and O–H groups in total. The summed E-state index contributed by atoms with van der Waals surface area (Å²) in [5, 5.41) is 26.0. The molecule has 1 aliphatic carbocycles. The maximum absolute atomic E-state index is 12.2. The Hall–Kier alpha value is -2.92. The van der Waals surface area contributed by atoms with E-state index in [1.54, 1.807) is 0 Å². The Morgan fingerprint density at radius 3 is 2.72 bits per heavy atom. The van der Waals surface area contributed by atoms with Crippen molar-refractivity contribution >= 4 is 33.7 Å². The fraction of sp³-hybridized carbons (Fsp3) is 0.294. The lowest BCUT2D eigenvalue weighted by atomic mass is 9.89. The van der Waals surface area contributed by atoms with E-state index >= 15 is 0 Å². The van der Waals surface area contributed by atoms with Crippen LogP contribution in [0, 0.1) is 27.4 Å². The molecule has 0 bridgehead atoms. The van der Waals surface area contributed by atoms with Crippen LogP contribution in [0.15, 0.2) is 24.3 Å². The van der Waals surface area contributed by atoms with Crippen molar-refractivity contribution in [2.24, 2.45) is 5.92 Å². The molecule has 0 radical (unpaired) electrons. The number of urea groups is 1. The summed E-state index contributed by atoms with van der Waals surface area (Å²) in [6, 6.07) is 7.29. The van der Waals surface area contributed by atoms with Crippen LogP contribution >= 0.6 is 11.3 Å². The van der Waals surface area contributed by atoms with E-state index in [-0.39, 0.29) is 5.69 Å². The molecule has 1 aromatic heterocycles. The average molecular weight is 356 g/mol. The van der Waals surface area contributed by atoms with E-state index in [9.17, 15) is 20.2 Å². The molecular weight excluding hydrogens is 340 g/mol. The van der Waals surface area contributed by atoms with Crippen LogP contribution in [0.4, 0.5) is 21.2 Å². The predicted molar refractivity (Wildman–Crippen MR) is 96.0 cm³/mol. The number of anilines is 2. The second kappa shape index (κ2) is 6.91. The van der Waals surface area contributed by atoms with Gasteiger partial charge in [0, 0.05) is 22.7 Å². The van der Waals surface area contributed by atoms with E-state index in [1.165, 1.54) is 40.5 Å². The largest absolute Gasteiger partial charge is 0.324 e. The first-order chi connectivity index (χ1) is 12.0. The van der Waals surface area contributed by atoms with E-state index in [0.717, 1.165) is 24.8 Å².